The Morgan fingerprint density at radius 2 is 2.11 bits per heavy atom. The van der Waals surface area contributed by atoms with Crippen molar-refractivity contribution < 1.29 is 0 Å². The molecule has 1 heterocycles. The number of nitrogens with zero attached hydrogens (tertiary/aromatic N) is 2. The fraction of sp³-hybridized carbons (Fsp3) is 0.571. The fourth-order valence-electron chi connectivity index (χ4n) is 2.58. The smallest absolute Gasteiger partial charge is 0.0790 e. The van der Waals surface area contributed by atoms with Crippen LogP contribution in [0.4, 0.5) is 11.4 Å². The molecule has 0 fully saturated rings. The highest BCUT2D eigenvalue weighted by molar-refractivity contribution is 6.34. The third kappa shape index (κ3) is 2.73. The first-order valence-corrected chi connectivity index (χ1v) is 6.97. The van der Waals surface area contributed by atoms with Crippen molar-refractivity contribution in [3.8, 4) is 0 Å². The van der Waals surface area contributed by atoms with E-state index in [1.807, 2.05) is 6.07 Å². The first kappa shape index (κ1) is 13.5. The SMILES string of the molecule is Cc1cc(Cl)c2c(c1)N(CCCN)CCCN2C. The van der Waals surface area contributed by atoms with E-state index in [1.165, 1.54) is 11.3 Å². The van der Waals surface area contributed by atoms with Crippen molar-refractivity contribution in [2.45, 2.75) is 19.8 Å². The third-order valence-electron chi connectivity index (χ3n) is 3.46. The summed E-state index contributed by atoms with van der Waals surface area (Å²) in [6.07, 6.45) is 2.18. The number of anilines is 2. The Morgan fingerprint density at radius 3 is 2.83 bits per heavy atom. The number of fused-ring (bicyclic) bond motifs is 1. The molecule has 0 bridgehead atoms. The molecule has 0 aliphatic carbocycles. The molecule has 0 saturated carbocycles. The molecule has 2 N–H and O–H groups in total. The normalized spacial score (nSPS) is 15.6. The van der Waals surface area contributed by atoms with Crippen LogP contribution in [0.1, 0.15) is 18.4 Å². The summed E-state index contributed by atoms with van der Waals surface area (Å²) in [5.41, 5.74) is 9.26. The van der Waals surface area contributed by atoms with Crippen molar-refractivity contribution in [3.63, 3.8) is 0 Å². The summed E-state index contributed by atoms with van der Waals surface area (Å²) in [6.45, 7) is 5.97. The lowest BCUT2D eigenvalue weighted by molar-refractivity contribution is 0.710. The number of aryl methyl sites for hydroxylation is 1. The maximum Gasteiger partial charge on any atom is 0.0790 e. The van der Waals surface area contributed by atoms with Crippen molar-refractivity contribution in [3.05, 3.63) is 22.7 Å². The van der Waals surface area contributed by atoms with Gasteiger partial charge in [0.1, 0.15) is 0 Å². The van der Waals surface area contributed by atoms with Crippen LogP contribution in [0.3, 0.4) is 0 Å². The molecule has 1 aliphatic rings. The highest BCUT2D eigenvalue weighted by atomic mass is 35.5. The maximum atomic E-state index is 6.42. The summed E-state index contributed by atoms with van der Waals surface area (Å²) >= 11 is 6.42. The Kier molecular flexibility index (Phi) is 4.36. The molecule has 0 radical (unpaired) electrons. The standard InChI is InChI=1S/C14H22ClN3/c1-11-9-12(15)14-13(10-11)18(7-3-5-16)8-4-6-17(14)2/h9-10H,3-8,16H2,1-2H3. The summed E-state index contributed by atoms with van der Waals surface area (Å²) < 4.78 is 0. The van der Waals surface area contributed by atoms with Crippen LogP contribution < -0.4 is 15.5 Å². The molecule has 0 aromatic heterocycles. The maximum absolute atomic E-state index is 6.42. The molecule has 0 unspecified atom stereocenters. The van der Waals surface area contributed by atoms with Gasteiger partial charge in [0.25, 0.3) is 0 Å². The van der Waals surface area contributed by atoms with Crippen molar-refractivity contribution in [1.29, 1.82) is 0 Å². The van der Waals surface area contributed by atoms with Gasteiger partial charge in [0.2, 0.25) is 0 Å². The van der Waals surface area contributed by atoms with Gasteiger partial charge in [-0.15, -0.1) is 0 Å². The van der Waals surface area contributed by atoms with E-state index in [0.717, 1.165) is 49.7 Å². The second-order valence-corrected chi connectivity index (χ2v) is 5.43. The van der Waals surface area contributed by atoms with Crippen LogP contribution in [0.15, 0.2) is 12.1 Å². The Labute approximate surface area is 115 Å². The van der Waals surface area contributed by atoms with Gasteiger partial charge in [0.05, 0.1) is 16.4 Å². The van der Waals surface area contributed by atoms with Crippen LogP contribution in [0, 0.1) is 6.92 Å². The number of benzene rings is 1. The predicted molar refractivity (Wildman–Crippen MR) is 80.0 cm³/mol. The van der Waals surface area contributed by atoms with E-state index in [4.69, 9.17) is 17.3 Å². The largest absolute Gasteiger partial charge is 0.372 e. The predicted octanol–water partition coefficient (Wildman–Crippen LogP) is 2.64. The van der Waals surface area contributed by atoms with Crippen LogP contribution in [-0.4, -0.2) is 33.2 Å². The lowest BCUT2D eigenvalue weighted by Gasteiger charge is -2.27. The van der Waals surface area contributed by atoms with Gasteiger partial charge in [-0.05, 0) is 44.0 Å². The molecule has 0 amide bonds. The zero-order valence-electron chi connectivity index (χ0n) is 11.2. The molecule has 100 valence electrons. The summed E-state index contributed by atoms with van der Waals surface area (Å²) in [5.74, 6) is 0. The Bertz CT molecular complexity index is 420. The van der Waals surface area contributed by atoms with E-state index in [-0.39, 0.29) is 0 Å². The van der Waals surface area contributed by atoms with Gasteiger partial charge in [0, 0.05) is 26.7 Å². The van der Waals surface area contributed by atoms with E-state index in [9.17, 15) is 0 Å². The molecule has 4 heteroatoms. The number of nitrogens with two attached hydrogens (primary N) is 1. The van der Waals surface area contributed by atoms with E-state index in [0.29, 0.717) is 0 Å². The third-order valence-corrected chi connectivity index (χ3v) is 3.75. The zero-order valence-corrected chi connectivity index (χ0v) is 12.0. The highest BCUT2D eigenvalue weighted by Gasteiger charge is 2.20. The van der Waals surface area contributed by atoms with Crippen molar-refractivity contribution in [1.82, 2.24) is 0 Å². The van der Waals surface area contributed by atoms with E-state index < -0.39 is 0 Å². The summed E-state index contributed by atoms with van der Waals surface area (Å²) in [7, 11) is 2.12. The quantitative estimate of drug-likeness (QED) is 0.914. The van der Waals surface area contributed by atoms with Crippen LogP contribution >= 0.6 is 11.6 Å². The molecule has 0 spiro atoms. The molecule has 1 aromatic carbocycles. The Balaban J connectivity index is 2.40. The first-order chi connectivity index (χ1) is 8.63. The average Bonchev–Trinajstić information content (AvgIpc) is 2.46. The van der Waals surface area contributed by atoms with Gasteiger partial charge in [-0.25, -0.2) is 0 Å². The monoisotopic (exact) mass is 267 g/mol. The fourth-order valence-corrected chi connectivity index (χ4v) is 2.99. The molecule has 1 aromatic rings. The number of hydrogen-bond acceptors (Lipinski definition) is 3. The number of hydrogen-bond donors (Lipinski definition) is 1. The molecule has 2 rings (SSSR count). The van der Waals surface area contributed by atoms with Crippen molar-refractivity contribution in [2.24, 2.45) is 5.73 Å². The molecule has 0 saturated heterocycles. The van der Waals surface area contributed by atoms with Gasteiger partial charge in [-0.2, -0.15) is 0 Å². The van der Waals surface area contributed by atoms with E-state index >= 15 is 0 Å². The molecular weight excluding hydrogens is 246 g/mol. The Morgan fingerprint density at radius 1 is 1.33 bits per heavy atom. The van der Waals surface area contributed by atoms with Gasteiger partial charge < -0.3 is 15.5 Å². The van der Waals surface area contributed by atoms with Gasteiger partial charge in [-0.3, -0.25) is 0 Å². The van der Waals surface area contributed by atoms with Crippen LogP contribution in [0.2, 0.25) is 5.02 Å². The highest BCUT2D eigenvalue weighted by Crippen LogP contribution is 2.38. The van der Waals surface area contributed by atoms with Crippen molar-refractivity contribution >= 4 is 23.0 Å². The number of halogens is 1. The van der Waals surface area contributed by atoms with Crippen molar-refractivity contribution in [2.75, 3.05) is 43.0 Å². The zero-order chi connectivity index (χ0) is 13.1. The van der Waals surface area contributed by atoms with E-state index in [1.54, 1.807) is 0 Å². The average molecular weight is 268 g/mol. The number of rotatable bonds is 3. The minimum Gasteiger partial charge on any atom is -0.372 e. The van der Waals surface area contributed by atoms with Gasteiger partial charge in [-0.1, -0.05) is 11.6 Å². The molecule has 18 heavy (non-hydrogen) atoms. The topological polar surface area (TPSA) is 32.5 Å². The van der Waals surface area contributed by atoms with Gasteiger partial charge in [0.15, 0.2) is 0 Å². The second kappa shape index (κ2) is 5.81. The van der Waals surface area contributed by atoms with E-state index in [2.05, 4.69) is 29.8 Å². The molecule has 1 aliphatic heterocycles. The molecular formula is C14H22ClN3. The summed E-state index contributed by atoms with van der Waals surface area (Å²) in [6, 6.07) is 4.28. The minimum absolute atomic E-state index is 0.737. The molecule has 3 nitrogen and oxygen atoms in total. The van der Waals surface area contributed by atoms with Crippen LogP contribution in [0.25, 0.3) is 0 Å². The lowest BCUT2D eigenvalue weighted by Crippen LogP contribution is -2.26. The van der Waals surface area contributed by atoms with Gasteiger partial charge >= 0.3 is 0 Å². The van der Waals surface area contributed by atoms with Crippen LogP contribution in [-0.2, 0) is 0 Å². The lowest BCUT2D eigenvalue weighted by atomic mass is 10.1. The summed E-state index contributed by atoms with van der Waals surface area (Å²) in [4.78, 5) is 4.68. The first-order valence-electron chi connectivity index (χ1n) is 6.60. The second-order valence-electron chi connectivity index (χ2n) is 5.02. The minimum atomic E-state index is 0.737. The summed E-state index contributed by atoms with van der Waals surface area (Å²) in [5, 5.41) is 0.854. The molecule has 0 atom stereocenters. The Hall–Kier alpha value is -0.930. The van der Waals surface area contributed by atoms with Crippen LogP contribution in [0.5, 0.6) is 0 Å².